The van der Waals surface area contributed by atoms with Crippen molar-refractivity contribution >= 4 is 23.6 Å². The van der Waals surface area contributed by atoms with Gasteiger partial charge in [-0.2, -0.15) is 0 Å². The summed E-state index contributed by atoms with van der Waals surface area (Å²) in [7, 11) is 0. The molecule has 124 valence electrons. The second kappa shape index (κ2) is 6.23. The van der Waals surface area contributed by atoms with E-state index in [1.807, 2.05) is 6.07 Å². The number of hydrogen-bond acceptors (Lipinski definition) is 4. The lowest BCUT2D eigenvalue weighted by molar-refractivity contribution is -0.143. The second-order valence-corrected chi connectivity index (χ2v) is 7.70. The number of carbonyl (C=O) groups is 2. The van der Waals surface area contributed by atoms with Crippen LogP contribution in [0.5, 0.6) is 0 Å². The summed E-state index contributed by atoms with van der Waals surface area (Å²) in [6, 6.07) is 1.67. The molecule has 2 aliphatic carbocycles. The molecule has 1 saturated heterocycles. The van der Waals surface area contributed by atoms with Crippen LogP contribution < -0.4 is 5.32 Å². The number of nitrogens with one attached hydrogen (secondary N) is 1. The van der Waals surface area contributed by atoms with Crippen LogP contribution in [0.3, 0.4) is 0 Å². The number of amides is 2. The van der Waals surface area contributed by atoms with Crippen molar-refractivity contribution in [1.29, 1.82) is 0 Å². The van der Waals surface area contributed by atoms with E-state index in [-0.39, 0.29) is 29.8 Å². The molecule has 5 nitrogen and oxygen atoms in total. The van der Waals surface area contributed by atoms with Crippen molar-refractivity contribution in [2.75, 3.05) is 11.6 Å². The van der Waals surface area contributed by atoms with Crippen LogP contribution in [0.2, 0.25) is 0 Å². The first kappa shape index (κ1) is 15.1. The molecule has 1 aromatic rings. The summed E-state index contributed by atoms with van der Waals surface area (Å²) in [4.78, 5) is 27.0. The van der Waals surface area contributed by atoms with E-state index in [0.717, 1.165) is 49.8 Å². The van der Waals surface area contributed by atoms with Gasteiger partial charge in [-0.1, -0.05) is 6.42 Å². The lowest BCUT2D eigenvalue weighted by atomic mass is 9.84. The number of thioether (sulfide) groups is 1. The maximum absolute atomic E-state index is 12.7. The number of fused-ring (bicyclic) bond motifs is 1. The fourth-order valence-electron chi connectivity index (χ4n) is 3.67. The highest BCUT2D eigenvalue weighted by Gasteiger charge is 2.40. The maximum Gasteiger partial charge on any atom is 0.244 e. The third kappa shape index (κ3) is 2.77. The van der Waals surface area contributed by atoms with E-state index in [1.165, 1.54) is 0 Å². The standard InChI is InChI=1S/C17H22N2O3S/c20-16(18-13-5-2-6-15-12(13)7-8-22-15)14-9-23-10-19(14)17(21)11-3-1-4-11/h7-8,11,13-14H,1-6,9-10H2,(H,18,20)/t13-,14+/m0/s1. The van der Waals surface area contributed by atoms with Gasteiger partial charge in [-0.25, -0.2) is 0 Å². The first-order valence-corrected chi connectivity index (χ1v) is 9.64. The first-order chi connectivity index (χ1) is 11.2. The third-order valence-corrected chi connectivity index (χ3v) is 6.30. The number of rotatable bonds is 3. The fraction of sp³-hybridized carbons (Fsp3) is 0.647. The van der Waals surface area contributed by atoms with E-state index in [1.54, 1.807) is 22.9 Å². The van der Waals surface area contributed by atoms with Gasteiger partial charge in [0.2, 0.25) is 11.8 Å². The Balaban J connectivity index is 1.43. The Hall–Kier alpha value is -1.43. The third-order valence-electron chi connectivity index (χ3n) is 5.29. The molecular formula is C17H22N2O3S. The van der Waals surface area contributed by atoms with Gasteiger partial charge in [0, 0.05) is 23.7 Å². The summed E-state index contributed by atoms with van der Waals surface area (Å²) >= 11 is 1.67. The molecule has 1 aromatic heterocycles. The highest BCUT2D eigenvalue weighted by atomic mass is 32.2. The molecule has 23 heavy (non-hydrogen) atoms. The Kier molecular flexibility index (Phi) is 4.09. The van der Waals surface area contributed by atoms with E-state index in [0.29, 0.717) is 11.6 Å². The molecule has 3 aliphatic rings. The average Bonchev–Trinajstić information content (AvgIpc) is 3.15. The van der Waals surface area contributed by atoms with Crippen LogP contribution in [-0.2, 0) is 16.0 Å². The van der Waals surface area contributed by atoms with Crippen LogP contribution in [0.25, 0.3) is 0 Å². The Morgan fingerprint density at radius 1 is 1.26 bits per heavy atom. The van der Waals surface area contributed by atoms with Crippen LogP contribution in [0.4, 0.5) is 0 Å². The summed E-state index contributed by atoms with van der Waals surface area (Å²) in [5.41, 5.74) is 1.10. The molecule has 2 heterocycles. The summed E-state index contributed by atoms with van der Waals surface area (Å²) in [5, 5.41) is 3.16. The van der Waals surface area contributed by atoms with Crippen molar-refractivity contribution < 1.29 is 14.0 Å². The first-order valence-electron chi connectivity index (χ1n) is 8.49. The Labute approximate surface area is 140 Å². The van der Waals surface area contributed by atoms with Crippen molar-refractivity contribution in [1.82, 2.24) is 10.2 Å². The molecule has 2 amide bonds. The van der Waals surface area contributed by atoms with Crippen LogP contribution in [0, 0.1) is 5.92 Å². The molecule has 0 bridgehead atoms. The SMILES string of the molecule is O=C(N[C@H]1CCCc2occc21)[C@H]1CSCN1C(=O)C1CCC1. The molecule has 0 unspecified atom stereocenters. The number of aryl methyl sites for hydroxylation is 1. The Bertz CT molecular complexity index is 611. The van der Waals surface area contributed by atoms with Crippen LogP contribution >= 0.6 is 11.8 Å². The number of carbonyl (C=O) groups excluding carboxylic acids is 2. The fourth-order valence-corrected chi connectivity index (χ4v) is 4.83. The summed E-state index contributed by atoms with van der Waals surface area (Å²) in [5.74, 6) is 2.66. The Morgan fingerprint density at radius 2 is 2.13 bits per heavy atom. The molecule has 1 aliphatic heterocycles. The molecule has 6 heteroatoms. The van der Waals surface area contributed by atoms with Gasteiger partial charge in [0.15, 0.2) is 0 Å². The quantitative estimate of drug-likeness (QED) is 0.922. The van der Waals surface area contributed by atoms with E-state index in [2.05, 4.69) is 5.32 Å². The summed E-state index contributed by atoms with van der Waals surface area (Å²) < 4.78 is 5.49. The molecule has 0 aromatic carbocycles. The zero-order chi connectivity index (χ0) is 15.8. The molecule has 0 radical (unpaired) electrons. The molecule has 1 N–H and O–H groups in total. The summed E-state index contributed by atoms with van der Waals surface area (Å²) in [6.45, 7) is 0. The van der Waals surface area contributed by atoms with Crippen molar-refractivity contribution in [3.8, 4) is 0 Å². The van der Waals surface area contributed by atoms with Gasteiger partial charge in [-0.05, 0) is 31.7 Å². The predicted octanol–water partition coefficient (Wildman–Crippen LogP) is 2.47. The minimum Gasteiger partial charge on any atom is -0.469 e. The van der Waals surface area contributed by atoms with Gasteiger partial charge in [0.05, 0.1) is 18.2 Å². The lowest BCUT2D eigenvalue weighted by Gasteiger charge is -2.32. The van der Waals surface area contributed by atoms with E-state index >= 15 is 0 Å². The maximum atomic E-state index is 12.7. The molecule has 4 rings (SSSR count). The highest BCUT2D eigenvalue weighted by Crippen LogP contribution is 2.34. The van der Waals surface area contributed by atoms with Crippen molar-refractivity contribution in [2.24, 2.45) is 5.92 Å². The van der Waals surface area contributed by atoms with Crippen molar-refractivity contribution in [3.05, 3.63) is 23.7 Å². The minimum absolute atomic E-state index is 0.0123. The van der Waals surface area contributed by atoms with Gasteiger partial charge in [0.25, 0.3) is 0 Å². The van der Waals surface area contributed by atoms with E-state index < -0.39 is 0 Å². The average molecular weight is 334 g/mol. The smallest absolute Gasteiger partial charge is 0.244 e. The largest absolute Gasteiger partial charge is 0.469 e. The zero-order valence-corrected chi connectivity index (χ0v) is 13.9. The minimum atomic E-state index is -0.314. The van der Waals surface area contributed by atoms with Crippen LogP contribution in [-0.4, -0.2) is 34.4 Å². The molecule has 2 fully saturated rings. The second-order valence-electron chi connectivity index (χ2n) is 6.70. The molecule has 1 saturated carbocycles. The highest BCUT2D eigenvalue weighted by molar-refractivity contribution is 7.99. The zero-order valence-electron chi connectivity index (χ0n) is 13.1. The monoisotopic (exact) mass is 334 g/mol. The number of hydrogen-bond donors (Lipinski definition) is 1. The van der Waals surface area contributed by atoms with Crippen molar-refractivity contribution in [2.45, 2.75) is 50.6 Å². The normalized spacial score (nSPS) is 27.4. The van der Waals surface area contributed by atoms with Gasteiger partial charge in [0.1, 0.15) is 11.8 Å². The van der Waals surface area contributed by atoms with E-state index in [9.17, 15) is 9.59 Å². The van der Waals surface area contributed by atoms with Crippen molar-refractivity contribution in [3.63, 3.8) is 0 Å². The summed E-state index contributed by atoms with van der Waals surface area (Å²) in [6.07, 6.45) is 7.71. The Morgan fingerprint density at radius 3 is 2.91 bits per heavy atom. The topological polar surface area (TPSA) is 62.6 Å². The molecule has 2 atom stereocenters. The van der Waals surface area contributed by atoms with Gasteiger partial charge in [-0.15, -0.1) is 11.8 Å². The predicted molar refractivity (Wildman–Crippen MR) is 87.8 cm³/mol. The molecular weight excluding hydrogens is 312 g/mol. The molecule has 0 spiro atoms. The van der Waals surface area contributed by atoms with Crippen LogP contribution in [0.15, 0.2) is 16.7 Å². The number of furan rings is 1. The van der Waals surface area contributed by atoms with Gasteiger partial charge in [-0.3, -0.25) is 9.59 Å². The van der Waals surface area contributed by atoms with E-state index in [4.69, 9.17) is 4.42 Å². The lowest BCUT2D eigenvalue weighted by Crippen LogP contribution is -2.50. The van der Waals surface area contributed by atoms with Gasteiger partial charge < -0.3 is 14.6 Å². The number of nitrogens with zero attached hydrogens (tertiary/aromatic N) is 1. The van der Waals surface area contributed by atoms with Gasteiger partial charge >= 0.3 is 0 Å². The van der Waals surface area contributed by atoms with Crippen LogP contribution in [0.1, 0.15) is 49.5 Å².